The summed E-state index contributed by atoms with van der Waals surface area (Å²) in [5.74, 6) is -2.11. The van der Waals surface area contributed by atoms with Crippen molar-refractivity contribution in [3.8, 4) is 0 Å². The van der Waals surface area contributed by atoms with E-state index in [1.165, 1.54) is 29.5 Å². The van der Waals surface area contributed by atoms with E-state index in [-0.39, 0.29) is 11.3 Å². The van der Waals surface area contributed by atoms with Crippen molar-refractivity contribution in [1.29, 1.82) is 0 Å². The highest BCUT2D eigenvalue weighted by Crippen LogP contribution is 2.52. The summed E-state index contributed by atoms with van der Waals surface area (Å²) in [5.41, 5.74) is 4.70. The van der Waals surface area contributed by atoms with Gasteiger partial charge in [0.15, 0.2) is 0 Å². The molecule has 5 nitrogen and oxygen atoms in total. The molecule has 1 spiro atoms. The lowest BCUT2D eigenvalue weighted by Crippen LogP contribution is -2.41. The summed E-state index contributed by atoms with van der Waals surface area (Å²) < 4.78 is 31.7. The third-order valence-corrected chi connectivity index (χ3v) is 7.76. The fourth-order valence-corrected chi connectivity index (χ4v) is 5.86. The number of fused-ring (bicyclic) bond motifs is 2. The summed E-state index contributed by atoms with van der Waals surface area (Å²) in [5, 5.41) is 14.8. The van der Waals surface area contributed by atoms with Crippen molar-refractivity contribution in [2.45, 2.75) is 68.6 Å². The molecule has 0 bridgehead atoms. The largest absolute Gasteiger partial charge is 0.490 e. The molecule has 1 aliphatic heterocycles. The summed E-state index contributed by atoms with van der Waals surface area (Å²) in [4.78, 5) is 23.9. The van der Waals surface area contributed by atoms with Gasteiger partial charge in [0.1, 0.15) is 0 Å². The van der Waals surface area contributed by atoms with E-state index in [1.807, 2.05) is 0 Å². The molecule has 2 aliphatic carbocycles. The molecule has 2 fully saturated rings. The first-order valence-electron chi connectivity index (χ1n) is 11.6. The van der Waals surface area contributed by atoms with Crippen molar-refractivity contribution in [2.24, 2.45) is 0 Å². The molecule has 184 valence electrons. The van der Waals surface area contributed by atoms with Gasteiger partial charge in [-0.2, -0.15) is 24.5 Å². The number of alkyl halides is 3. The maximum atomic E-state index is 12.4. The van der Waals surface area contributed by atoms with Crippen molar-refractivity contribution in [2.75, 3.05) is 13.1 Å². The number of carboxylic acid groups (broad SMARTS) is 1. The predicted molar refractivity (Wildman–Crippen MR) is 124 cm³/mol. The van der Waals surface area contributed by atoms with Gasteiger partial charge in [0.2, 0.25) is 5.91 Å². The van der Waals surface area contributed by atoms with E-state index < -0.39 is 12.1 Å². The van der Waals surface area contributed by atoms with Crippen LogP contribution in [0.4, 0.5) is 13.2 Å². The molecule has 1 aromatic heterocycles. The fraction of sp³-hybridized carbons (Fsp3) is 0.520. The molecule has 0 radical (unpaired) electrons. The minimum Gasteiger partial charge on any atom is -0.475 e. The molecule has 2 aromatic rings. The number of carbonyl (C=O) groups is 2. The Bertz CT molecular complexity index is 997. The van der Waals surface area contributed by atoms with Crippen LogP contribution < -0.4 is 5.32 Å². The Kier molecular flexibility index (Phi) is 7.33. The third kappa shape index (κ3) is 5.99. The number of amides is 1. The molecule has 2 N–H and O–H groups in total. The number of thiophene rings is 1. The standard InChI is InChI=1S/C23H28N2OS.C2HF3O2/c26-22(24-19-5-6-19)13-18-14-23(21-4-2-1-3-20(18)21)8-10-25(11-9-23)15-17-7-12-27-16-17;3-2(4,5)1(6)7/h1-4,7,12,16,18-19H,5-6,8-11,13-15H2,(H,24,26);(H,6,7). The molecule has 1 saturated heterocycles. The Morgan fingerprint density at radius 3 is 2.41 bits per heavy atom. The number of hydrogen-bond donors (Lipinski definition) is 2. The maximum Gasteiger partial charge on any atom is 0.490 e. The Hall–Kier alpha value is -2.39. The highest BCUT2D eigenvalue weighted by atomic mass is 32.1. The molecule has 1 unspecified atom stereocenters. The van der Waals surface area contributed by atoms with E-state index in [4.69, 9.17) is 9.90 Å². The highest BCUT2D eigenvalue weighted by molar-refractivity contribution is 7.07. The van der Waals surface area contributed by atoms with Gasteiger partial charge in [-0.25, -0.2) is 4.79 Å². The van der Waals surface area contributed by atoms with Gasteiger partial charge in [-0.15, -0.1) is 0 Å². The molecule has 9 heteroatoms. The van der Waals surface area contributed by atoms with E-state index >= 15 is 0 Å². The van der Waals surface area contributed by atoms with Crippen molar-refractivity contribution in [3.05, 3.63) is 57.8 Å². The zero-order valence-corrected chi connectivity index (χ0v) is 19.6. The van der Waals surface area contributed by atoms with Gasteiger partial charge in [0, 0.05) is 19.0 Å². The van der Waals surface area contributed by atoms with Crippen LogP contribution >= 0.6 is 11.3 Å². The smallest absolute Gasteiger partial charge is 0.475 e. The molecule has 1 saturated carbocycles. The van der Waals surface area contributed by atoms with Crippen molar-refractivity contribution < 1.29 is 27.9 Å². The zero-order chi connectivity index (χ0) is 24.3. The summed E-state index contributed by atoms with van der Waals surface area (Å²) >= 11 is 1.79. The zero-order valence-electron chi connectivity index (χ0n) is 18.8. The maximum absolute atomic E-state index is 12.4. The number of carboxylic acids is 1. The SMILES string of the molecule is O=C(CC1CC2(CCN(Cc3ccsc3)CC2)c2ccccc21)NC1CC1.O=C(O)C(F)(F)F. The second kappa shape index (κ2) is 10.1. The minimum absolute atomic E-state index is 0.254. The summed E-state index contributed by atoms with van der Waals surface area (Å²) in [7, 11) is 0. The van der Waals surface area contributed by atoms with E-state index in [0.29, 0.717) is 18.4 Å². The van der Waals surface area contributed by atoms with Gasteiger partial charge >= 0.3 is 12.1 Å². The Labute approximate surface area is 201 Å². The number of carbonyl (C=O) groups excluding carboxylic acids is 1. The van der Waals surface area contributed by atoms with Crippen LogP contribution in [0.1, 0.15) is 61.1 Å². The number of rotatable bonds is 5. The van der Waals surface area contributed by atoms with E-state index in [9.17, 15) is 18.0 Å². The molecular formula is C25H29F3N2O3S. The summed E-state index contributed by atoms with van der Waals surface area (Å²) in [6, 6.07) is 11.7. The topological polar surface area (TPSA) is 69.6 Å². The van der Waals surface area contributed by atoms with E-state index in [0.717, 1.165) is 38.9 Å². The third-order valence-electron chi connectivity index (χ3n) is 7.03. The Morgan fingerprint density at radius 2 is 1.82 bits per heavy atom. The average molecular weight is 495 g/mol. The van der Waals surface area contributed by atoms with Crippen molar-refractivity contribution in [3.63, 3.8) is 0 Å². The van der Waals surface area contributed by atoms with E-state index in [1.54, 1.807) is 11.3 Å². The van der Waals surface area contributed by atoms with Crippen LogP contribution in [0.3, 0.4) is 0 Å². The second-order valence-electron chi connectivity index (χ2n) is 9.53. The lowest BCUT2D eigenvalue weighted by Gasteiger charge is -2.40. The predicted octanol–water partition coefficient (Wildman–Crippen LogP) is 5.07. The number of hydrogen-bond acceptors (Lipinski definition) is 4. The van der Waals surface area contributed by atoms with Crippen LogP contribution in [0.25, 0.3) is 0 Å². The number of halogens is 3. The van der Waals surface area contributed by atoms with Gasteiger partial charge in [-0.05, 0) is 90.0 Å². The highest BCUT2D eigenvalue weighted by Gasteiger charge is 2.45. The molecule has 5 rings (SSSR count). The number of likely N-dealkylation sites (tertiary alicyclic amines) is 1. The quantitative estimate of drug-likeness (QED) is 0.609. The van der Waals surface area contributed by atoms with Gasteiger partial charge in [0.25, 0.3) is 0 Å². The molecular weight excluding hydrogens is 465 g/mol. The van der Waals surface area contributed by atoms with Gasteiger partial charge in [0.05, 0.1) is 0 Å². The number of piperidine rings is 1. The Morgan fingerprint density at radius 1 is 1.15 bits per heavy atom. The van der Waals surface area contributed by atoms with Crippen LogP contribution in [-0.4, -0.2) is 47.2 Å². The normalized spacial score (nSPS) is 21.4. The minimum atomic E-state index is -5.08. The van der Waals surface area contributed by atoms with Gasteiger partial charge < -0.3 is 10.4 Å². The molecule has 34 heavy (non-hydrogen) atoms. The van der Waals surface area contributed by atoms with Crippen LogP contribution in [0.2, 0.25) is 0 Å². The van der Waals surface area contributed by atoms with Gasteiger partial charge in [-0.3, -0.25) is 9.69 Å². The lowest BCUT2D eigenvalue weighted by molar-refractivity contribution is -0.192. The first-order valence-corrected chi connectivity index (χ1v) is 12.5. The van der Waals surface area contributed by atoms with Gasteiger partial charge in [-0.1, -0.05) is 24.3 Å². The lowest BCUT2D eigenvalue weighted by atomic mass is 9.73. The first kappa shape index (κ1) is 24.7. The number of benzene rings is 1. The van der Waals surface area contributed by atoms with Crippen molar-refractivity contribution >= 4 is 23.2 Å². The number of nitrogens with zero attached hydrogens (tertiary/aromatic N) is 1. The molecule has 1 amide bonds. The second-order valence-corrected chi connectivity index (χ2v) is 10.3. The fourth-order valence-electron chi connectivity index (χ4n) is 5.20. The average Bonchev–Trinajstić information content (AvgIpc) is 3.35. The van der Waals surface area contributed by atoms with Crippen LogP contribution in [-0.2, 0) is 21.5 Å². The molecule has 1 atom stereocenters. The number of aliphatic carboxylic acids is 1. The molecule has 1 aromatic carbocycles. The number of nitrogens with one attached hydrogen (secondary N) is 1. The molecule has 3 aliphatic rings. The Balaban J connectivity index is 0.000000344. The van der Waals surface area contributed by atoms with Crippen LogP contribution in [0.5, 0.6) is 0 Å². The monoisotopic (exact) mass is 494 g/mol. The van der Waals surface area contributed by atoms with E-state index in [2.05, 4.69) is 51.3 Å². The van der Waals surface area contributed by atoms with Crippen LogP contribution in [0, 0.1) is 0 Å². The first-order chi connectivity index (χ1) is 16.2. The summed E-state index contributed by atoms with van der Waals surface area (Å²) in [6.45, 7) is 3.39. The van der Waals surface area contributed by atoms with Crippen LogP contribution in [0.15, 0.2) is 41.1 Å². The summed E-state index contributed by atoms with van der Waals surface area (Å²) in [6.07, 6.45) is 1.49. The van der Waals surface area contributed by atoms with Crippen molar-refractivity contribution in [1.82, 2.24) is 10.2 Å². The molecule has 2 heterocycles.